The Bertz CT molecular complexity index is 937. The SMILES string of the molecule is CCn1c(CCc2ccccc2)nnc1SCC(=O)Nc1ccc(C)cc1C. The zero-order valence-electron chi connectivity index (χ0n) is 16.6. The van der Waals surface area contributed by atoms with Crippen LogP contribution in [0.1, 0.15) is 29.4 Å². The molecule has 0 saturated carbocycles. The molecule has 3 rings (SSSR count). The Labute approximate surface area is 170 Å². The van der Waals surface area contributed by atoms with Gasteiger partial charge in [-0.15, -0.1) is 10.2 Å². The maximum Gasteiger partial charge on any atom is 0.234 e. The van der Waals surface area contributed by atoms with Gasteiger partial charge in [0.25, 0.3) is 0 Å². The molecule has 0 unspecified atom stereocenters. The van der Waals surface area contributed by atoms with Crippen LogP contribution in [0.5, 0.6) is 0 Å². The maximum atomic E-state index is 12.4. The van der Waals surface area contributed by atoms with Crippen molar-refractivity contribution in [1.82, 2.24) is 14.8 Å². The summed E-state index contributed by atoms with van der Waals surface area (Å²) >= 11 is 1.43. The summed E-state index contributed by atoms with van der Waals surface area (Å²) in [5.74, 6) is 1.24. The first-order chi connectivity index (χ1) is 13.6. The van der Waals surface area contributed by atoms with Crippen molar-refractivity contribution in [2.75, 3.05) is 11.1 Å². The van der Waals surface area contributed by atoms with Gasteiger partial charge in [-0.3, -0.25) is 4.79 Å². The van der Waals surface area contributed by atoms with Crippen LogP contribution in [0.25, 0.3) is 0 Å². The van der Waals surface area contributed by atoms with Crippen molar-refractivity contribution >= 4 is 23.4 Å². The summed E-state index contributed by atoms with van der Waals surface area (Å²) in [6, 6.07) is 16.4. The van der Waals surface area contributed by atoms with Gasteiger partial charge in [-0.25, -0.2) is 0 Å². The molecule has 3 aromatic rings. The normalized spacial score (nSPS) is 10.8. The van der Waals surface area contributed by atoms with E-state index in [4.69, 9.17) is 0 Å². The number of thioether (sulfide) groups is 1. The lowest BCUT2D eigenvalue weighted by molar-refractivity contribution is -0.113. The molecule has 28 heavy (non-hydrogen) atoms. The third-order valence-electron chi connectivity index (χ3n) is 4.58. The summed E-state index contributed by atoms with van der Waals surface area (Å²) in [6.07, 6.45) is 1.76. The third-order valence-corrected chi connectivity index (χ3v) is 5.54. The number of nitrogens with zero attached hydrogens (tertiary/aromatic N) is 3. The number of amides is 1. The second kappa shape index (κ2) is 9.55. The van der Waals surface area contributed by atoms with Crippen LogP contribution in [0.15, 0.2) is 53.7 Å². The molecule has 0 radical (unpaired) electrons. The van der Waals surface area contributed by atoms with Gasteiger partial charge in [0.2, 0.25) is 5.91 Å². The number of carbonyl (C=O) groups excluding carboxylic acids is 1. The lowest BCUT2D eigenvalue weighted by atomic mass is 10.1. The molecule has 2 aromatic carbocycles. The molecule has 0 atom stereocenters. The first-order valence-electron chi connectivity index (χ1n) is 9.52. The number of benzene rings is 2. The van der Waals surface area contributed by atoms with Crippen molar-refractivity contribution in [3.8, 4) is 0 Å². The van der Waals surface area contributed by atoms with Gasteiger partial charge in [-0.2, -0.15) is 0 Å². The van der Waals surface area contributed by atoms with E-state index in [9.17, 15) is 4.79 Å². The smallest absolute Gasteiger partial charge is 0.234 e. The molecule has 0 fully saturated rings. The van der Waals surface area contributed by atoms with Crippen LogP contribution in [-0.2, 0) is 24.2 Å². The number of rotatable bonds is 8. The number of hydrogen-bond donors (Lipinski definition) is 1. The van der Waals surface area contributed by atoms with Gasteiger partial charge in [-0.1, -0.05) is 59.8 Å². The number of aromatic nitrogens is 3. The van der Waals surface area contributed by atoms with Gasteiger partial charge in [-0.05, 0) is 44.4 Å². The lowest BCUT2D eigenvalue weighted by Gasteiger charge is -2.10. The fourth-order valence-corrected chi connectivity index (χ4v) is 3.92. The van der Waals surface area contributed by atoms with Crippen molar-refractivity contribution < 1.29 is 4.79 Å². The molecule has 1 heterocycles. The first-order valence-corrected chi connectivity index (χ1v) is 10.5. The quantitative estimate of drug-likeness (QED) is 0.574. The Morgan fingerprint density at radius 1 is 1.07 bits per heavy atom. The van der Waals surface area contributed by atoms with Crippen molar-refractivity contribution in [1.29, 1.82) is 0 Å². The molecular weight excluding hydrogens is 368 g/mol. The van der Waals surface area contributed by atoms with Crippen LogP contribution in [0.3, 0.4) is 0 Å². The van der Waals surface area contributed by atoms with Crippen LogP contribution in [0.4, 0.5) is 5.69 Å². The monoisotopic (exact) mass is 394 g/mol. The van der Waals surface area contributed by atoms with Crippen molar-refractivity contribution in [3.63, 3.8) is 0 Å². The summed E-state index contributed by atoms with van der Waals surface area (Å²) in [6.45, 7) is 6.91. The Kier molecular flexibility index (Phi) is 6.87. The largest absolute Gasteiger partial charge is 0.325 e. The number of hydrogen-bond acceptors (Lipinski definition) is 4. The zero-order chi connectivity index (χ0) is 19.9. The highest BCUT2D eigenvalue weighted by Gasteiger charge is 2.13. The van der Waals surface area contributed by atoms with Crippen molar-refractivity contribution in [2.24, 2.45) is 0 Å². The van der Waals surface area contributed by atoms with Gasteiger partial charge in [0.15, 0.2) is 5.16 Å². The van der Waals surface area contributed by atoms with Gasteiger partial charge >= 0.3 is 0 Å². The second-order valence-corrected chi connectivity index (χ2v) is 7.73. The number of carbonyl (C=O) groups is 1. The van der Waals surface area contributed by atoms with Gasteiger partial charge in [0, 0.05) is 18.7 Å². The fraction of sp³-hybridized carbons (Fsp3) is 0.318. The Morgan fingerprint density at radius 2 is 1.86 bits per heavy atom. The molecule has 0 saturated heterocycles. The summed E-state index contributed by atoms with van der Waals surface area (Å²) in [7, 11) is 0. The van der Waals surface area contributed by atoms with E-state index in [0.717, 1.165) is 41.6 Å². The summed E-state index contributed by atoms with van der Waals surface area (Å²) < 4.78 is 2.10. The Morgan fingerprint density at radius 3 is 2.57 bits per heavy atom. The minimum absolute atomic E-state index is 0.0339. The third kappa shape index (κ3) is 5.23. The van der Waals surface area contributed by atoms with Crippen molar-refractivity contribution in [2.45, 2.75) is 45.3 Å². The molecule has 0 aliphatic carbocycles. The highest BCUT2D eigenvalue weighted by molar-refractivity contribution is 7.99. The van der Waals surface area contributed by atoms with Gasteiger partial charge in [0.05, 0.1) is 5.75 Å². The fourth-order valence-electron chi connectivity index (χ4n) is 3.10. The molecule has 6 heteroatoms. The average molecular weight is 395 g/mol. The van der Waals surface area contributed by atoms with Crippen molar-refractivity contribution in [3.05, 3.63) is 71.0 Å². The molecule has 0 aliphatic heterocycles. The highest BCUT2D eigenvalue weighted by atomic mass is 32.2. The van der Waals surface area contributed by atoms with E-state index in [1.807, 2.05) is 32.0 Å². The Hall–Kier alpha value is -2.60. The number of nitrogens with one attached hydrogen (secondary N) is 1. The van der Waals surface area contributed by atoms with Gasteiger partial charge < -0.3 is 9.88 Å². The zero-order valence-corrected chi connectivity index (χ0v) is 17.4. The van der Waals surface area contributed by atoms with E-state index in [0.29, 0.717) is 5.75 Å². The first kappa shape index (κ1) is 20.1. The molecule has 1 amide bonds. The molecule has 146 valence electrons. The van der Waals surface area contributed by atoms with E-state index in [2.05, 4.69) is 57.3 Å². The van der Waals surface area contributed by atoms with Crippen LogP contribution < -0.4 is 5.32 Å². The van der Waals surface area contributed by atoms with Crippen LogP contribution in [0.2, 0.25) is 0 Å². The summed E-state index contributed by atoms with van der Waals surface area (Å²) in [5, 5.41) is 12.4. The van der Waals surface area contributed by atoms with Crippen LogP contribution >= 0.6 is 11.8 Å². The van der Waals surface area contributed by atoms with Gasteiger partial charge in [0.1, 0.15) is 5.82 Å². The number of anilines is 1. The molecule has 1 aromatic heterocycles. The maximum absolute atomic E-state index is 12.4. The lowest BCUT2D eigenvalue weighted by Crippen LogP contribution is -2.15. The second-order valence-electron chi connectivity index (χ2n) is 6.78. The Balaban J connectivity index is 1.58. The molecular formula is C22H26N4OS. The standard InChI is InChI=1S/C22H26N4OS/c1-4-26-20(13-11-18-8-6-5-7-9-18)24-25-22(26)28-15-21(27)23-19-12-10-16(2)14-17(19)3/h5-10,12,14H,4,11,13,15H2,1-3H3,(H,23,27). The topological polar surface area (TPSA) is 59.8 Å². The summed E-state index contributed by atoms with van der Waals surface area (Å²) in [5.41, 5.74) is 4.40. The van der Waals surface area contributed by atoms with E-state index in [-0.39, 0.29) is 5.91 Å². The average Bonchev–Trinajstić information content (AvgIpc) is 3.09. The highest BCUT2D eigenvalue weighted by Crippen LogP contribution is 2.20. The number of aryl methyl sites for hydroxylation is 4. The molecule has 5 nitrogen and oxygen atoms in total. The predicted octanol–water partition coefficient (Wildman–Crippen LogP) is 4.43. The van der Waals surface area contributed by atoms with E-state index in [1.54, 1.807) is 0 Å². The predicted molar refractivity (Wildman–Crippen MR) is 115 cm³/mol. The van der Waals surface area contributed by atoms with Crippen LogP contribution in [0, 0.1) is 13.8 Å². The van der Waals surface area contributed by atoms with E-state index in [1.165, 1.54) is 22.9 Å². The molecule has 0 spiro atoms. The molecule has 0 bridgehead atoms. The van der Waals surface area contributed by atoms with E-state index >= 15 is 0 Å². The van der Waals surface area contributed by atoms with E-state index < -0.39 is 0 Å². The minimum Gasteiger partial charge on any atom is -0.325 e. The minimum atomic E-state index is -0.0339. The molecule has 0 aliphatic rings. The molecule has 1 N–H and O–H groups in total. The van der Waals surface area contributed by atoms with Crippen LogP contribution in [-0.4, -0.2) is 26.4 Å². The summed E-state index contributed by atoms with van der Waals surface area (Å²) in [4.78, 5) is 12.4.